The van der Waals surface area contributed by atoms with Gasteiger partial charge in [0.1, 0.15) is 5.82 Å². The molecule has 2 amide bonds. The summed E-state index contributed by atoms with van der Waals surface area (Å²) in [6.07, 6.45) is 4.73. The predicted molar refractivity (Wildman–Crippen MR) is 202 cm³/mol. The predicted octanol–water partition coefficient (Wildman–Crippen LogP) is 8.25. The number of nitrogens with one attached hydrogen (secondary N) is 2. The number of halogens is 1. The van der Waals surface area contributed by atoms with Crippen molar-refractivity contribution >= 4 is 46.0 Å². The van der Waals surface area contributed by atoms with Gasteiger partial charge in [-0.2, -0.15) is 0 Å². The van der Waals surface area contributed by atoms with E-state index in [2.05, 4.69) is 28.5 Å². The fourth-order valence-electron chi connectivity index (χ4n) is 7.48. The zero-order valence-corrected chi connectivity index (χ0v) is 29.6. The first-order valence-electron chi connectivity index (χ1n) is 17.5. The van der Waals surface area contributed by atoms with Gasteiger partial charge in [0, 0.05) is 67.0 Å². The number of amides is 2. The highest BCUT2D eigenvalue weighted by molar-refractivity contribution is 7.17. The molecule has 3 aliphatic rings. The first kappa shape index (κ1) is 33.1. The number of fused-ring (bicyclic) bond motifs is 3. The fraction of sp³-hybridized carbons (Fsp3) is 0.293. The topological polar surface area (TPSA) is 86.8 Å². The SMILES string of the molecule is Cc1cnc(N2CC3(CCOCC3)C2)c(NCc2ccc(C(=O)N3CCc4cc(C(=O)Nc5c(C)cccc5F)sc4-c4ccccc43)cc2)c1. The van der Waals surface area contributed by atoms with E-state index in [1.54, 1.807) is 19.1 Å². The second-order valence-corrected chi connectivity index (χ2v) is 15.0. The Morgan fingerprint density at radius 2 is 1.76 bits per heavy atom. The number of nitrogens with zero attached hydrogens (tertiary/aromatic N) is 3. The van der Waals surface area contributed by atoms with E-state index in [0.29, 0.717) is 40.9 Å². The van der Waals surface area contributed by atoms with Crippen LogP contribution in [0.4, 0.5) is 27.3 Å². The van der Waals surface area contributed by atoms with Crippen LogP contribution in [0.15, 0.2) is 85.1 Å². The van der Waals surface area contributed by atoms with Crippen molar-refractivity contribution in [2.75, 3.05) is 53.3 Å². The number of ether oxygens (including phenoxy) is 1. The molecule has 0 radical (unpaired) electrons. The van der Waals surface area contributed by atoms with Gasteiger partial charge in [-0.05, 0) is 91.8 Å². The summed E-state index contributed by atoms with van der Waals surface area (Å²) in [6, 6.07) is 24.4. The quantitative estimate of drug-likeness (QED) is 0.178. The van der Waals surface area contributed by atoms with Gasteiger partial charge in [-0.3, -0.25) is 9.59 Å². The van der Waals surface area contributed by atoms with E-state index in [1.807, 2.05) is 65.7 Å². The zero-order valence-electron chi connectivity index (χ0n) is 28.8. The lowest BCUT2D eigenvalue weighted by atomic mass is 9.73. The van der Waals surface area contributed by atoms with Crippen LogP contribution in [-0.2, 0) is 17.7 Å². The standard InChI is InChI=1S/C41H40FN5O3S/c1-26-20-33(38(44-22-26)46-24-41(25-46)15-18-50-19-16-41)43-23-28-10-12-29(13-11-28)40(49)47-17-14-30-21-35(51-37(30)31-7-3-4-9-34(31)47)39(48)45-36-27(2)6-5-8-32(36)42/h3-13,20-22,43H,14-19,23-25H2,1-2H3,(H,45,48). The number of hydrogen-bond acceptors (Lipinski definition) is 7. The van der Waals surface area contributed by atoms with E-state index >= 15 is 0 Å². The molecule has 0 unspecified atom stereocenters. The summed E-state index contributed by atoms with van der Waals surface area (Å²) < 4.78 is 20.1. The summed E-state index contributed by atoms with van der Waals surface area (Å²) >= 11 is 1.37. The third-order valence-corrected chi connectivity index (χ3v) is 11.6. The van der Waals surface area contributed by atoms with Crippen LogP contribution in [0, 0.1) is 25.1 Å². The van der Waals surface area contributed by atoms with Gasteiger partial charge in [0.2, 0.25) is 0 Å². The van der Waals surface area contributed by atoms with Crippen molar-refractivity contribution in [2.45, 2.75) is 39.7 Å². The number of carbonyl (C=O) groups excluding carboxylic acids is 2. The van der Waals surface area contributed by atoms with Gasteiger partial charge in [0.15, 0.2) is 5.82 Å². The Morgan fingerprint density at radius 3 is 2.55 bits per heavy atom. The van der Waals surface area contributed by atoms with Gasteiger partial charge in [-0.1, -0.05) is 42.5 Å². The summed E-state index contributed by atoms with van der Waals surface area (Å²) in [5.41, 5.74) is 7.71. The zero-order chi connectivity index (χ0) is 35.1. The average molecular weight is 702 g/mol. The van der Waals surface area contributed by atoms with E-state index in [-0.39, 0.29) is 17.5 Å². The molecule has 2 N–H and O–H groups in total. The van der Waals surface area contributed by atoms with Gasteiger partial charge in [-0.15, -0.1) is 11.3 Å². The minimum Gasteiger partial charge on any atom is -0.381 e. The summed E-state index contributed by atoms with van der Waals surface area (Å²) in [5, 5.41) is 6.37. The van der Waals surface area contributed by atoms with Crippen molar-refractivity contribution in [3.8, 4) is 10.4 Å². The molecule has 0 bridgehead atoms. The molecule has 2 saturated heterocycles. The summed E-state index contributed by atoms with van der Waals surface area (Å²) in [7, 11) is 0. The maximum absolute atomic E-state index is 14.5. The van der Waals surface area contributed by atoms with E-state index in [4.69, 9.17) is 9.72 Å². The van der Waals surface area contributed by atoms with Crippen LogP contribution < -0.4 is 20.4 Å². The number of hydrogen-bond donors (Lipinski definition) is 2. The molecule has 8 nitrogen and oxygen atoms in total. The molecular formula is C41H40FN5O3S. The first-order chi connectivity index (χ1) is 24.8. The van der Waals surface area contributed by atoms with Crippen LogP contribution >= 0.6 is 11.3 Å². The molecule has 260 valence electrons. The Bertz CT molecular complexity index is 2100. The lowest BCUT2D eigenvalue weighted by Gasteiger charge is -2.53. The van der Waals surface area contributed by atoms with Crippen molar-refractivity contribution in [1.82, 2.24) is 4.98 Å². The van der Waals surface area contributed by atoms with Crippen molar-refractivity contribution < 1.29 is 18.7 Å². The van der Waals surface area contributed by atoms with Crippen molar-refractivity contribution in [3.05, 3.63) is 124 Å². The van der Waals surface area contributed by atoms with E-state index in [0.717, 1.165) is 83.5 Å². The summed E-state index contributed by atoms with van der Waals surface area (Å²) in [5.74, 6) is 0.106. The Morgan fingerprint density at radius 1 is 0.980 bits per heavy atom. The molecule has 8 rings (SSSR count). The number of carbonyl (C=O) groups is 2. The highest BCUT2D eigenvalue weighted by Gasteiger charge is 2.45. The normalized spacial score (nSPS) is 16.1. The second kappa shape index (κ2) is 13.6. The van der Waals surface area contributed by atoms with Crippen molar-refractivity contribution in [1.29, 1.82) is 0 Å². The largest absolute Gasteiger partial charge is 0.381 e. The number of aryl methyl sites for hydroxylation is 2. The van der Waals surface area contributed by atoms with Crippen LogP contribution in [0.25, 0.3) is 10.4 Å². The van der Waals surface area contributed by atoms with Gasteiger partial charge in [0.25, 0.3) is 11.8 Å². The van der Waals surface area contributed by atoms with Gasteiger partial charge < -0.3 is 25.2 Å². The highest BCUT2D eigenvalue weighted by atomic mass is 32.1. The van der Waals surface area contributed by atoms with Crippen molar-refractivity contribution in [2.24, 2.45) is 5.41 Å². The van der Waals surface area contributed by atoms with Crippen LogP contribution in [0.5, 0.6) is 0 Å². The molecule has 10 heteroatoms. The molecule has 0 aliphatic carbocycles. The highest BCUT2D eigenvalue weighted by Crippen LogP contribution is 2.44. The minimum atomic E-state index is -0.464. The van der Waals surface area contributed by atoms with Crippen LogP contribution in [0.3, 0.4) is 0 Å². The molecule has 51 heavy (non-hydrogen) atoms. The summed E-state index contributed by atoms with van der Waals surface area (Å²) in [4.78, 5) is 37.7. The molecule has 2 fully saturated rings. The van der Waals surface area contributed by atoms with Crippen LogP contribution in [0.2, 0.25) is 0 Å². The van der Waals surface area contributed by atoms with Crippen LogP contribution in [0.1, 0.15) is 55.1 Å². The Labute approximate surface area is 301 Å². The maximum atomic E-state index is 14.5. The molecule has 3 aromatic carbocycles. The van der Waals surface area contributed by atoms with E-state index in [9.17, 15) is 14.0 Å². The van der Waals surface area contributed by atoms with E-state index < -0.39 is 5.82 Å². The van der Waals surface area contributed by atoms with Crippen molar-refractivity contribution in [3.63, 3.8) is 0 Å². The Balaban J connectivity index is 0.959. The molecule has 2 aromatic heterocycles. The number of rotatable bonds is 7. The fourth-order valence-corrected chi connectivity index (χ4v) is 8.62. The van der Waals surface area contributed by atoms with E-state index in [1.165, 1.54) is 17.4 Å². The molecule has 0 saturated carbocycles. The van der Waals surface area contributed by atoms with Gasteiger partial charge >= 0.3 is 0 Å². The Kier molecular flexibility index (Phi) is 8.81. The number of anilines is 4. The molecule has 3 aliphatic heterocycles. The van der Waals surface area contributed by atoms with Gasteiger partial charge in [0.05, 0.1) is 21.9 Å². The third kappa shape index (κ3) is 6.50. The third-order valence-electron chi connectivity index (χ3n) is 10.4. The monoisotopic (exact) mass is 701 g/mol. The molecule has 1 spiro atoms. The Hall–Kier alpha value is -5.06. The number of para-hydroxylation sites is 2. The maximum Gasteiger partial charge on any atom is 0.265 e. The molecule has 5 aromatic rings. The van der Waals surface area contributed by atoms with Gasteiger partial charge in [-0.25, -0.2) is 9.37 Å². The number of thiophene rings is 1. The lowest BCUT2D eigenvalue weighted by molar-refractivity contribution is -0.000410. The minimum absolute atomic E-state index is 0.0740. The second-order valence-electron chi connectivity index (χ2n) is 14.0. The first-order valence-corrected chi connectivity index (χ1v) is 18.3. The molecular weight excluding hydrogens is 662 g/mol. The smallest absolute Gasteiger partial charge is 0.265 e. The molecule has 0 atom stereocenters. The van der Waals surface area contributed by atoms with Crippen LogP contribution in [-0.4, -0.2) is 49.6 Å². The summed E-state index contributed by atoms with van der Waals surface area (Å²) in [6.45, 7) is 8.61. The number of benzene rings is 3. The number of pyridine rings is 1. The lowest BCUT2D eigenvalue weighted by Crippen LogP contribution is -2.59. The average Bonchev–Trinajstić information content (AvgIpc) is 3.50. The molecule has 5 heterocycles. The number of aromatic nitrogens is 1.